The Bertz CT molecular complexity index is 885. The molecule has 0 aliphatic carbocycles. The Balaban J connectivity index is 1.33. The van der Waals surface area contributed by atoms with Crippen LogP contribution in [0.3, 0.4) is 0 Å². The number of nitrogens with zero attached hydrogens (tertiary/aromatic N) is 4. The van der Waals surface area contributed by atoms with E-state index in [2.05, 4.69) is 46.5 Å². The van der Waals surface area contributed by atoms with Crippen LogP contribution >= 0.6 is 0 Å². The van der Waals surface area contributed by atoms with Crippen molar-refractivity contribution < 1.29 is 4.79 Å². The van der Waals surface area contributed by atoms with E-state index >= 15 is 0 Å². The lowest BCUT2D eigenvalue weighted by molar-refractivity contribution is -0.121. The van der Waals surface area contributed by atoms with E-state index in [9.17, 15) is 9.59 Å². The van der Waals surface area contributed by atoms with E-state index in [1.807, 2.05) is 0 Å². The Morgan fingerprint density at radius 3 is 3.00 bits per heavy atom. The molecule has 144 valence electrons. The lowest BCUT2D eigenvalue weighted by atomic mass is 10.1. The minimum atomic E-state index is -0.163. The van der Waals surface area contributed by atoms with E-state index < -0.39 is 0 Å². The lowest BCUT2D eigenvalue weighted by Gasteiger charge is -2.25. The second-order valence-electron chi connectivity index (χ2n) is 7.54. The summed E-state index contributed by atoms with van der Waals surface area (Å²) in [7, 11) is 0. The van der Waals surface area contributed by atoms with Crippen LogP contribution in [-0.4, -0.2) is 39.4 Å². The molecular formula is C20H27N5O2. The van der Waals surface area contributed by atoms with E-state index in [0.717, 1.165) is 44.5 Å². The topological polar surface area (TPSA) is 72.2 Å². The molecule has 0 saturated heterocycles. The number of anilines is 1. The highest BCUT2D eigenvalue weighted by Gasteiger charge is 2.25. The fourth-order valence-corrected chi connectivity index (χ4v) is 4.21. The summed E-state index contributed by atoms with van der Waals surface area (Å²) < 4.78 is 3.03. The van der Waals surface area contributed by atoms with Gasteiger partial charge in [0.2, 0.25) is 5.91 Å². The van der Waals surface area contributed by atoms with E-state index in [1.54, 1.807) is 4.57 Å². The summed E-state index contributed by atoms with van der Waals surface area (Å²) in [6.45, 7) is 4.23. The first kappa shape index (κ1) is 17.8. The Morgan fingerprint density at radius 2 is 2.11 bits per heavy atom. The third-order valence-electron chi connectivity index (χ3n) is 5.60. The molecule has 0 bridgehead atoms. The van der Waals surface area contributed by atoms with Crippen molar-refractivity contribution in [1.82, 2.24) is 19.7 Å². The predicted octanol–water partition coefficient (Wildman–Crippen LogP) is 1.34. The van der Waals surface area contributed by atoms with Gasteiger partial charge in [-0.3, -0.25) is 9.36 Å². The zero-order chi connectivity index (χ0) is 18.8. The molecule has 4 rings (SSSR count). The van der Waals surface area contributed by atoms with Crippen LogP contribution in [0.25, 0.3) is 0 Å². The van der Waals surface area contributed by atoms with Crippen molar-refractivity contribution in [3.8, 4) is 0 Å². The van der Waals surface area contributed by atoms with Crippen LogP contribution < -0.4 is 15.9 Å². The zero-order valence-corrected chi connectivity index (χ0v) is 15.9. The number of hydrogen-bond donors (Lipinski definition) is 1. The second-order valence-corrected chi connectivity index (χ2v) is 7.54. The van der Waals surface area contributed by atoms with Gasteiger partial charge < -0.3 is 10.2 Å². The van der Waals surface area contributed by atoms with Crippen LogP contribution in [0, 0.1) is 0 Å². The van der Waals surface area contributed by atoms with Crippen LogP contribution in [0.4, 0.5) is 5.69 Å². The van der Waals surface area contributed by atoms with Crippen molar-refractivity contribution in [2.24, 2.45) is 0 Å². The first-order valence-electron chi connectivity index (χ1n) is 9.91. The Kier molecular flexibility index (Phi) is 5.01. The SMILES string of the molecule is CC1Cc2ccccc2N1CCNC(=O)Cn1nc2n(c1=O)CCCCC2. The largest absolute Gasteiger partial charge is 0.367 e. The van der Waals surface area contributed by atoms with Gasteiger partial charge in [0.1, 0.15) is 12.4 Å². The molecule has 0 saturated carbocycles. The third-order valence-corrected chi connectivity index (χ3v) is 5.60. The summed E-state index contributed by atoms with van der Waals surface area (Å²) in [6.07, 6.45) is 5.04. The number of aryl methyl sites for hydroxylation is 1. The van der Waals surface area contributed by atoms with Gasteiger partial charge >= 0.3 is 5.69 Å². The molecule has 2 aromatic rings. The molecule has 0 spiro atoms. The quantitative estimate of drug-likeness (QED) is 0.863. The van der Waals surface area contributed by atoms with E-state index in [0.29, 0.717) is 19.1 Å². The standard InChI is InChI=1S/C20H27N5O2/c1-15-13-16-7-4-5-8-17(16)23(15)12-10-21-19(26)14-25-20(27)24-11-6-2-3-9-18(24)22-25/h4-5,7-8,15H,2-3,6,9-14H2,1H3,(H,21,26). The molecule has 2 aliphatic rings. The third kappa shape index (κ3) is 3.63. The zero-order valence-electron chi connectivity index (χ0n) is 15.9. The molecule has 7 heteroatoms. The minimum Gasteiger partial charge on any atom is -0.367 e. The number of aromatic nitrogens is 3. The fourth-order valence-electron chi connectivity index (χ4n) is 4.21. The van der Waals surface area contributed by atoms with Crippen molar-refractivity contribution in [2.75, 3.05) is 18.0 Å². The number of hydrogen-bond acceptors (Lipinski definition) is 4. The Hall–Kier alpha value is -2.57. The first-order valence-corrected chi connectivity index (χ1v) is 9.91. The van der Waals surface area contributed by atoms with Crippen LogP contribution in [0.1, 0.15) is 37.6 Å². The van der Waals surface area contributed by atoms with Crippen molar-refractivity contribution in [3.63, 3.8) is 0 Å². The van der Waals surface area contributed by atoms with Gasteiger partial charge in [-0.1, -0.05) is 24.6 Å². The van der Waals surface area contributed by atoms with Crippen LogP contribution in [0.5, 0.6) is 0 Å². The maximum absolute atomic E-state index is 12.4. The fraction of sp³-hybridized carbons (Fsp3) is 0.550. The molecule has 27 heavy (non-hydrogen) atoms. The molecule has 1 aromatic heterocycles. The Labute approximate surface area is 159 Å². The lowest BCUT2D eigenvalue weighted by Crippen LogP contribution is -2.40. The number of amides is 1. The van der Waals surface area contributed by atoms with Crippen LogP contribution in [0.15, 0.2) is 29.1 Å². The summed E-state index contributed by atoms with van der Waals surface area (Å²) in [5.41, 5.74) is 2.46. The van der Waals surface area contributed by atoms with Crippen LogP contribution in [-0.2, 0) is 30.7 Å². The highest BCUT2D eigenvalue weighted by Crippen LogP contribution is 2.31. The average molecular weight is 369 g/mol. The molecule has 0 fully saturated rings. The molecule has 7 nitrogen and oxygen atoms in total. The molecule has 2 aliphatic heterocycles. The smallest absolute Gasteiger partial charge is 0.346 e. The number of carbonyl (C=O) groups is 1. The molecule has 1 amide bonds. The van der Waals surface area contributed by atoms with Crippen LogP contribution in [0.2, 0.25) is 0 Å². The highest BCUT2D eigenvalue weighted by atomic mass is 16.2. The molecule has 1 unspecified atom stereocenters. The van der Waals surface area contributed by atoms with Crippen molar-refractivity contribution >= 4 is 11.6 Å². The van der Waals surface area contributed by atoms with Gasteiger partial charge in [0, 0.05) is 37.8 Å². The molecule has 1 aromatic carbocycles. The van der Waals surface area contributed by atoms with Gasteiger partial charge in [0.05, 0.1) is 0 Å². The second kappa shape index (κ2) is 7.58. The summed E-state index contributed by atoms with van der Waals surface area (Å²) in [6, 6.07) is 8.86. The van der Waals surface area contributed by atoms with E-state index in [-0.39, 0.29) is 18.1 Å². The number of para-hydroxylation sites is 1. The van der Waals surface area contributed by atoms with Gasteiger partial charge in [0.15, 0.2) is 0 Å². The normalized spacial score (nSPS) is 18.7. The molecule has 0 radical (unpaired) electrons. The molecular weight excluding hydrogens is 342 g/mol. The van der Waals surface area contributed by atoms with Crippen molar-refractivity contribution in [2.45, 2.75) is 58.2 Å². The van der Waals surface area contributed by atoms with Gasteiger partial charge in [-0.05, 0) is 37.8 Å². The number of benzene rings is 1. The van der Waals surface area contributed by atoms with Gasteiger partial charge in [-0.25, -0.2) is 9.48 Å². The monoisotopic (exact) mass is 369 g/mol. The summed E-state index contributed by atoms with van der Waals surface area (Å²) in [5.74, 6) is 0.651. The molecule has 1 N–H and O–H groups in total. The van der Waals surface area contributed by atoms with E-state index in [4.69, 9.17) is 0 Å². The number of carbonyl (C=O) groups excluding carboxylic acids is 1. The van der Waals surface area contributed by atoms with Crippen molar-refractivity contribution in [3.05, 3.63) is 46.1 Å². The first-order chi connectivity index (χ1) is 13.1. The van der Waals surface area contributed by atoms with E-state index in [1.165, 1.54) is 15.9 Å². The van der Waals surface area contributed by atoms with Gasteiger partial charge in [0.25, 0.3) is 0 Å². The average Bonchev–Trinajstić information content (AvgIpc) is 3.00. The molecule has 1 atom stereocenters. The molecule has 3 heterocycles. The summed E-state index contributed by atoms with van der Waals surface area (Å²) in [4.78, 5) is 27.1. The van der Waals surface area contributed by atoms with Gasteiger partial charge in [-0.2, -0.15) is 5.10 Å². The summed E-state index contributed by atoms with van der Waals surface area (Å²) >= 11 is 0. The number of nitrogens with one attached hydrogen (secondary N) is 1. The Morgan fingerprint density at radius 1 is 1.26 bits per heavy atom. The summed E-state index contributed by atoms with van der Waals surface area (Å²) in [5, 5.41) is 7.31. The minimum absolute atomic E-state index is 0.00895. The van der Waals surface area contributed by atoms with Gasteiger partial charge in [-0.15, -0.1) is 0 Å². The van der Waals surface area contributed by atoms with Crippen molar-refractivity contribution in [1.29, 1.82) is 0 Å². The maximum Gasteiger partial charge on any atom is 0.346 e. The number of fused-ring (bicyclic) bond motifs is 2. The highest BCUT2D eigenvalue weighted by molar-refractivity contribution is 5.75. The maximum atomic E-state index is 12.4. The number of rotatable bonds is 5. The predicted molar refractivity (Wildman–Crippen MR) is 104 cm³/mol.